The first-order valence-corrected chi connectivity index (χ1v) is 7.18. The molecular formula is C13H11BrCl2N2O. The van der Waals surface area contributed by atoms with E-state index in [9.17, 15) is 0 Å². The normalized spacial score (nSPS) is 10.8. The third-order valence-electron chi connectivity index (χ3n) is 2.31. The second-order valence-electron chi connectivity index (χ2n) is 4.22. The molecule has 2 aromatic rings. The van der Waals surface area contributed by atoms with Crippen molar-refractivity contribution in [3.63, 3.8) is 0 Å². The Kier molecular flexibility index (Phi) is 4.66. The lowest BCUT2D eigenvalue weighted by Crippen LogP contribution is -2.00. The number of nitrogens with zero attached hydrogens (tertiary/aromatic N) is 2. The number of hydrogen-bond donors (Lipinski definition) is 0. The van der Waals surface area contributed by atoms with Gasteiger partial charge in [-0.15, -0.1) is 0 Å². The maximum absolute atomic E-state index is 6.06. The molecule has 0 saturated heterocycles. The van der Waals surface area contributed by atoms with Gasteiger partial charge in [0.05, 0.1) is 5.02 Å². The number of hydrogen-bond acceptors (Lipinski definition) is 3. The van der Waals surface area contributed by atoms with Gasteiger partial charge in [0.15, 0.2) is 0 Å². The van der Waals surface area contributed by atoms with Gasteiger partial charge in [-0.1, -0.05) is 37.0 Å². The van der Waals surface area contributed by atoms with Crippen LogP contribution in [0.15, 0.2) is 28.9 Å². The summed E-state index contributed by atoms with van der Waals surface area (Å²) < 4.78 is 6.34. The van der Waals surface area contributed by atoms with Crippen LogP contribution in [-0.2, 0) is 0 Å². The topological polar surface area (TPSA) is 35.0 Å². The van der Waals surface area contributed by atoms with Gasteiger partial charge in [-0.05, 0) is 34.1 Å². The Morgan fingerprint density at radius 1 is 1.16 bits per heavy atom. The van der Waals surface area contributed by atoms with Gasteiger partial charge >= 0.3 is 0 Å². The van der Waals surface area contributed by atoms with E-state index in [0.717, 1.165) is 0 Å². The van der Waals surface area contributed by atoms with Gasteiger partial charge in [-0.3, -0.25) is 0 Å². The molecule has 0 amide bonds. The second-order valence-corrected chi connectivity index (χ2v) is 5.87. The molecule has 0 aliphatic rings. The highest BCUT2D eigenvalue weighted by Crippen LogP contribution is 2.31. The van der Waals surface area contributed by atoms with E-state index in [0.29, 0.717) is 32.1 Å². The summed E-state index contributed by atoms with van der Waals surface area (Å²) in [6.45, 7) is 4.03. The van der Waals surface area contributed by atoms with Crippen molar-refractivity contribution < 1.29 is 4.74 Å². The van der Waals surface area contributed by atoms with E-state index in [1.807, 2.05) is 13.8 Å². The van der Waals surface area contributed by atoms with Crippen molar-refractivity contribution in [2.24, 2.45) is 0 Å². The molecule has 0 saturated carbocycles. The van der Waals surface area contributed by atoms with Crippen LogP contribution in [-0.4, -0.2) is 9.97 Å². The van der Waals surface area contributed by atoms with Crippen molar-refractivity contribution in [1.82, 2.24) is 9.97 Å². The standard InChI is InChI=1S/C13H11BrCl2N2O/c1-7(2)13-17-11(14)6-12(18-13)19-10-4-3-8(15)5-9(10)16/h3-7H,1-2H3. The summed E-state index contributed by atoms with van der Waals surface area (Å²) in [6.07, 6.45) is 0. The molecule has 0 radical (unpaired) electrons. The van der Waals surface area contributed by atoms with Gasteiger partial charge in [-0.2, -0.15) is 4.98 Å². The van der Waals surface area contributed by atoms with Crippen LogP contribution in [0.2, 0.25) is 10.0 Å². The van der Waals surface area contributed by atoms with Crippen molar-refractivity contribution >= 4 is 39.1 Å². The molecule has 19 heavy (non-hydrogen) atoms. The quantitative estimate of drug-likeness (QED) is 0.680. The van der Waals surface area contributed by atoms with Crippen LogP contribution in [0.3, 0.4) is 0 Å². The predicted octanol–water partition coefficient (Wildman–Crippen LogP) is 5.46. The Bertz CT molecular complexity index is 605. The molecule has 3 nitrogen and oxygen atoms in total. The molecule has 0 N–H and O–H groups in total. The Morgan fingerprint density at radius 3 is 2.53 bits per heavy atom. The lowest BCUT2D eigenvalue weighted by atomic mass is 10.2. The largest absolute Gasteiger partial charge is 0.437 e. The molecule has 0 aliphatic heterocycles. The highest BCUT2D eigenvalue weighted by molar-refractivity contribution is 9.10. The van der Waals surface area contributed by atoms with Crippen molar-refractivity contribution in [2.75, 3.05) is 0 Å². The van der Waals surface area contributed by atoms with E-state index in [1.165, 1.54) is 0 Å². The van der Waals surface area contributed by atoms with Crippen LogP contribution in [0.1, 0.15) is 25.6 Å². The number of halogens is 3. The van der Waals surface area contributed by atoms with Crippen molar-refractivity contribution in [2.45, 2.75) is 19.8 Å². The van der Waals surface area contributed by atoms with Crippen LogP contribution in [0, 0.1) is 0 Å². The summed E-state index contributed by atoms with van der Waals surface area (Å²) in [4.78, 5) is 8.62. The SMILES string of the molecule is CC(C)c1nc(Br)cc(Oc2ccc(Cl)cc2Cl)n1. The molecule has 6 heteroatoms. The fraction of sp³-hybridized carbons (Fsp3) is 0.231. The summed E-state index contributed by atoms with van der Waals surface area (Å²) in [5.74, 6) is 1.86. The predicted molar refractivity (Wildman–Crippen MR) is 80.4 cm³/mol. The molecule has 0 unspecified atom stereocenters. The van der Waals surface area contributed by atoms with Crippen molar-refractivity contribution in [3.8, 4) is 11.6 Å². The zero-order valence-electron chi connectivity index (χ0n) is 10.3. The highest BCUT2D eigenvalue weighted by Gasteiger charge is 2.10. The summed E-state index contributed by atoms with van der Waals surface area (Å²) >= 11 is 15.2. The molecule has 2 rings (SSSR count). The number of ether oxygens (including phenoxy) is 1. The average molecular weight is 362 g/mol. The van der Waals surface area contributed by atoms with Crippen LogP contribution >= 0.6 is 39.1 Å². The molecule has 0 aliphatic carbocycles. The molecule has 1 aromatic carbocycles. The molecule has 1 aromatic heterocycles. The maximum Gasteiger partial charge on any atom is 0.223 e. The summed E-state index contributed by atoms with van der Waals surface area (Å²) in [6, 6.07) is 6.73. The maximum atomic E-state index is 6.06. The Labute approximate surface area is 130 Å². The first-order valence-electron chi connectivity index (χ1n) is 5.63. The minimum atomic E-state index is 0.209. The fourth-order valence-corrected chi connectivity index (χ4v) is 2.22. The highest BCUT2D eigenvalue weighted by atomic mass is 79.9. The molecule has 0 atom stereocenters. The van der Waals surface area contributed by atoms with Gasteiger partial charge in [0.25, 0.3) is 0 Å². The minimum absolute atomic E-state index is 0.209. The Hall–Kier alpha value is -0.840. The van der Waals surface area contributed by atoms with Gasteiger partial charge < -0.3 is 4.74 Å². The van der Waals surface area contributed by atoms with E-state index in [1.54, 1.807) is 24.3 Å². The van der Waals surface area contributed by atoms with Gasteiger partial charge in [-0.25, -0.2) is 4.98 Å². The third-order valence-corrected chi connectivity index (χ3v) is 3.25. The van der Waals surface area contributed by atoms with E-state index >= 15 is 0 Å². The van der Waals surface area contributed by atoms with Crippen LogP contribution in [0.25, 0.3) is 0 Å². The molecule has 100 valence electrons. The van der Waals surface area contributed by atoms with E-state index in [2.05, 4.69) is 25.9 Å². The van der Waals surface area contributed by atoms with Gasteiger partial charge in [0.1, 0.15) is 16.2 Å². The Morgan fingerprint density at radius 2 is 1.89 bits per heavy atom. The average Bonchev–Trinajstić information content (AvgIpc) is 2.32. The van der Waals surface area contributed by atoms with Crippen LogP contribution < -0.4 is 4.74 Å². The third kappa shape index (κ3) is 3.81. The number of rotatable bonds is 3. The number of aromatic nitrogens is 2. The zero-order chi connectivity index (χ0) is 14.0. The molecule has 0 spiro atoms. The fourth-order valence-electron chi connectivity index (χ4n) is 1.39. The van der Waals surface area contributed by atoms with E-state index in [4.69, 9.17) is 27.9 Å². The van der Waals surface area contributed by atoms with E-state index in [-0.39, 0.29) is 5.92 Å². The van der Waals surface area contributed by atoms with Crippen molar-refractivity contribution in [1.29, 1.82) is 0 Å². The number of benzene rings is 1. The molecule has 0 bridgehead atoms. The zero-order valence-corrected chi connectivity index (χ0v) is 13.4. The smallest absolute Gasteiger partial charge is 0.223 e. The van der Waals surface area contributed by atoms with Gasteiger partial charge in [0.2, 0.25) is 5.88 Å². The second kappa shape index (κ2) is 6.07. The first-order chi connectivity index (χ1) is 8.95. The van der Waals surface area contributed by atoms with Crippen LogP contribution in [0.5, 0.6) is 11.6 Å². The molecule has 0 fully saturated rings. The van der Waals surface area contributed by atoms with E-state index < -0.39 is 0 Å². The molecule has 1 heterocycles. The monoisotopic (exact) mass is 360 g/mol. The minimum Gasteiger partial charge on any atom is -0.437 e. The lowest BCUT2D eigenvalue weighted by molar-refractivity contribution is 0.456. The Balaban J connectivity index is 2.32. The summed E-state index contributed by atoms with van der Waals surface area (Å²) in [5.41, 5.74) is 0. The summed E-state index contributed by atoms with van der Waals surface area (Å²) in [5, 5.41) is 0.998. The lowest BCUT2D eigenvalue weighted by Gasteiger charge is -2.10. The van der Waals surface area contributed by atoms with Crippen LogP contribution in [0.4, 0.5) is 0 Å². The first kappa shape index (κ1) is 14.6. The summed E-state index contributed by atoms with van der Waals surface area (Å²) in [7, 11) is 0. The van der Waals surface area contributed by atoms with Crippen molar-refractivity contribution in [3.05, 3.63) is 44.7 Å². The van der Waals surface area contributed by atoms with Gasteiger partial charge in [0, 0.05) is 17.0 Å². The molecular weight excluding hydrogens is 351 g/mol.